The minimum Gasteiger partial charge on any atom is -0.478 e. The van der Waals surface area contributed by atoms with E-state index in [1.165, 1.54) is 0 Å². The Bertz CT molecular complexity index is 408. The monoisotopic (exact) mass is 215 g/mol. The maximum atomic E-state index is 13.1. The van der Waals surface area contributed by atoms with E-state index in [2.05, 4.69) is 0 Å². The van der Waals surface area contributed by atoms with Gasteiger partial charge < -0.3 is 10.4 Å². The van der Waals surface area contributed by atoms with Crippen LogP contribution in [-0.4, -0.2) is 17.0 Å². The number of carbonyl (C=O) groups is 2. The van der Waals surface area contributed by atoms with Crippen molar-refractivity contribution in [2.75, 3.05) is 5.32 Å². The number of carbonyl (C=O) groups excluding carboxylic acids is 1. The van der Waals surface area contributed by atoms with E-state index in [1.54, 1.807) is 0 Å². The highest BCUT2D eigenvalue weighted by Gasteiger charge is 2.15. The molecule has 0 atom stereocenters. The summed E-state index contributed by atoms with van der Waals surface area (Å²) in [6.45, 7) is 1.09. The first kappa shape index (κ1) is 11.1. The Morgan fingerprint density at radius 2 is 1.73 bits per heavy atom. The number of carboxylic acids is 1. The summed E-state index contributed by atoms with van der Waals surface area (Å²) in [4.78, 5) is 21.0. The van der Waals surface area contributed by atoms with E-state index in [0.717, 1.165) is 6.92 Å². The zero-order valence-corrected chi connectivity index (χ0v) is 7.67. The maximum absolute atomic E-state index is 13.1. The molecule has 80 valence electrons. The van der Waals surface area contributed by atoms with Crippen LogP contribution in [0.15, 0.2) is 12.1 Å². The van der Waals surface area contributed by atoms with Crippen molar-refractivity contribution in [3.8, 4) is 0 Å². The van der Waals surface area contributed by atoms with E-state index < -0.39 is 34.8 Å². The van der Waals surface area contributed by atoms with E-state index in [4.69, 9.17) is 5.11 Å². The second kappa shape index (κ2) is 4.04. The van der Waals surface area contributed by atoms with Crippen molar-refractivity contribution in [2.45, 2.75) is 6.92 Å². The van der Waals surface area contributed by atoms with Crippen molar-refractivity contribution in [3.05, 3.63) is 29.3 Å². The number of halogens is 2. The molecule has 0 bridgehead atoms. The van der Waals surface area contributed by atoms with Crippen LogP contribution in [0.4, 0.5) is 14.5 Å². The first-order valence-electron chi connectivity index (χ1n) is 3.91. The molecule has 0 aliphatic carbocycles. The molecule has 1 rings (SSSR count). The average Bonchev–Trinajstić information content (AvgIpc) is 2.10. The first-order valence-corrected chi connectivity index (χ1v) is 3.91. The van der Waals surface area contributed by atoms with Gasteiger partial charge in [-0.15, -0.1) is 0 Å². The van der Waals surface area contributed by atoms with Crippen molar-refractivity contribution < 1.29 is 23.5 Å². The van der Waals surface area contributed by atoms with E-state index >= 15 is 0 Å². The molecule has 0 heterocycles. The van der Waals surface area contributed by atoms with Gasteiger partial charge in [-0.3, -0.25) is 4.79 Å². The third kappa shape index (κ3) is 2.49. The number of anilines is 1. The van der Waals surface area contributed by atoms with Gasteiger partial charge in [-0.05, 0) is 12.1 Å². The lowest BCUT2D eigenvalue weighted by atomic mass is 10.2. The van der Waals surface area contributed by atoms with Gasteiger partial charge in [0.2, 0.25) is 5.91 Å². The molecule has 0 radical (unpaired) electrons. The molecule has 1 aromatic carbocycles. The normalized spacial score (nSPS) is 9.80. The molecule has 0 saturated heterocycles. The predicted octanol–water partition coefficient (Wildman–Crippen LogP) is 1.62. The quantitative estimate of drug-likeness (QED) is 0.787. The summed E-state index contributed by atoms with van der Waals surface area (Å²) in [6, 6.07) is 1.27. The molecular formula is C9H7F2NO3. The van der Waals surface area contributed by atoms with Crippen LogP contribution in [0.25, 0.3) is 0 Å². The van der Waals surface area contributed by atoms with Crippen molar-refractivity contribution in [3.63, 3.8) is 0 Å². The summed E-state index contributed by atoms with van der Waals surface area (Å²) < 4.78 is 26.2. The Kier molecular flexibility index (Phi) is 2.99. The summed E-state index contributed by atoms with van der Waals surface area (Å²) in [5.74, 6) is -4.33. The highest BCUT2D eigenvalue weighted by Crippen LogP contribution is 2.20. The molecule has 1 aromatic rings. The summed E-state index contributed by atoms with van der Waals surface area (Å²) >= 11 is 0. The van der Waals surface area contributed by atoms with Crippen molar-refractivity contribution in [1.82, 2.24) is 0 Å². The highest BCUT2D eigenvalue weighted by atomic mass is 19.1. The molecule has 0 fully saturated rings. The summed E-state index contributed by atoms with van der Waals surface area (Å²) in [5, 5.41) is 10.4. The lowest BCUT2D eigenvalue weighted by Crippen LogP contribution is -2.10. The fourth-order valence-electron chi connectivity index (χ4n) is 0.992. The molecule has 0 saturated carbocycles. The lowest BCUT2D eigenvalue weighted by Gasteiger charge is -2.06. The third-order valence-corrected chi connectivity index (χ3v) is 1.59. The van der Waals surface area contributed by atoms with Crippen molar-refractivity contribution in [1.29, 1.82) is 0 Å². The highest BCUT2D eigenvalue weighted by molar-refractivity contribution is 5.91. The van der Waals surface area contributed by atoms with Gasteiger partial charge in [0.1, 0.15) is 5.69 Å². The second-order valence-electron chi connectivity index (χ2n) is 2.80. The lowest BCUT2D eigenvalue weighted by molar-refractivity contribution is -0.114. The van der Waals surface area contributed by atoms with E-state index in [-0.39, 0.29) is 0 Å². The Morgan fingerprint density at radius 1 is 1.27 bits per heavy atom. The van der Waals surface area contributed by atoms with Crippen LogP contribution < -0.4 is 5.32 Å². The molecule has 1 amide bonds. The largest absolute Gasteiger partial charge is 0.478 e. The number of carboxylic acid groups (broad SMARTS) is 1. The van der Waals surface area contributed by atoms with Crippen LogP contribution in [0, 0.1) is 11.6 Å². The number of hydrogen-bond acceptors (Lipinski definition) is 2. The SMILES string of the molecule is CC(=O)Nc1c(F)cc(C(=O)O)cc1F. The Morgan fingerprint density at radius 3 is 2.07 bits per heavy atom. The zero-order valence-electron chi connectivity index (χ0n) is 7.67. The molecule has 6 heteroatoms. The Labute approximate surface area is 83.5 Å². The van der Waals surface area contributed by atoms with E-state index in [1.807, 2.05) is 5.32 Å². The topological polar surface area (TPSA) is 66.4 Å². The third-order valence-electron chi connectivity index (χ3n) is 1.59. The Balaban J connectivity index is 3.21. The minimum atomic E-state index is -1.44. The smallest absolute Gasteiger partial charge is 0.335 e. The molecule has 2 N–H and O–H groups in total. The Hall–Kier alpha value is -1.98. The number of aromatic carboxylic acids is 1. The first-order chi connectivity index (χ1) is 6.91. The van der Waals surface area contributed by atoms with Crippen molar-refractivity contribution in [2.24, 2.45) is 0 Å². The molecule has 0 aromatic heterocycles. The van der Waals surface area contributed by atoms with Gasteiger partial charge >= 0.3 is 5.97 Å². The van der Waals surface area contributed by atoms with Gasteiger partial charge in [-0.2, -0.15) is 0 Å². The second-order valence-corrected chi connectivity index (χ2v) is 2.80. The summed E-state index contributed by atoms with van der Waals surface area (Å²) in [6.07, 6.45) is 0. The van der Waals surface area contributed by atoms with Gasteiger partial charge in [0.25, 0.3) is 0 Å². The van der Waals surface area contributed by atoms with Crippen LogP contribution in [0.5, 0.6) is 0 Å². The van der Waals surface area contributed by atoms with Crippen LogP contribution in [0.1, 0.15) is 17.3 Å². The van der Waals surface area contributed by atoms with Crippen LogP contribution in [0.2, 0.25) is 0 Å². The van der Waals surface area contributed by atoms with Gasteiger partial charge in [0, 0.05) is 6.92 Å². The molecule has 0 aliphatic heterocycles. The summed E-state index contributed by atoms with van der Waals surface area (Å²) in [5.41, 5.74) is -1.16. The molecule has 0 aliphatic rings. The predicted molar refractivity (Wildman–Crippen MR) is 47.6 cm³/mol. The van der Waals surface area contributed by atoms with Crippen LogP contribution >= 0.6 is 0 Å². The molecule has 0 unspecified atom stereocenters. The number of rotatable bonds is 2. The number of benzene rings is 1. The van der Waals surface area contributed by atoms with Gasteiger partial charge in [0.05, 0.1) is 5.56 Å². The van der Waals surface area contributed by atoms with Crippen LogP contribution in [0.3, 0.4) is 0 Å². The number of amides is 1. The molecule has 0 spiro atoms. The van der Waals surface area contributed by atoms with Gasteiger partial charge in [0.15, 0.2) is 11.6 Å². The average molecular weight is 215 g/mol. The molecular weight excluding hydrogens is 208 g/mol. The van der Waals surface area contributed by atoms with Gasteiger partial charge in [-0.25, -0.2) is 13.6 Å². The van der Waals surface area contributed by atoms with E-state index in [0.29, 0.717) is 12.1 Å². The zero-order chi connectivity index (χ0) is 11.6. The van der Waals surface area contributed by atoms with Crippen molar-refractivity contribution >= 4 is 17.6 Å². The standard InChI is InChI=1S/C9H7F2NO3/c1-4(13)12-8-6(10)2-5(9(14)15)3-7(8)11/h2-3H,1H3,(H,12,13)(H,14,15). The molecule has 15 heavy (non-hydrogen) atoms. The minimum absolute atomic E-state index is 0.515. The number of hydrogen-bond donors (Lipinski definition) is 2. The van der Waals surface area contributed by atoms with E-state index in [9.17, 15) is 18.4 Å². The number of nitrogens with one attached hydrogen (secondary N) is 1. The fraction of sp³-hybridized carbons (Fsp3) is 0.111. The van der Waals surface area contributed by atoms with Gasteiger partial charge in [-0.1, -0.05) is 0 Å². The summed E-state index contributed by atoms with van der Waals surface area (Å²) in [7, 11) is 0. The maximum Gasteiger partial charge on any atom is 0.335 e. The van der Waals surface area contributed by atoms with Crippen LogP contribution in [-0.2, 0) is 4.79 Å². The molecule has 4 nitrogen and oxygen atoms in total. The fourth-order valence-corrected chi connectivity index (χ4v) is 0.992.